The van der Waals surface area contributed by atoms with Gasteiger partial charge in [0.2, 0.25) is 0 Å². The Bertz CT molecular complexity index is 772. The third-order valence-corrected chi connectivity index (χ3v) is 4.35. The van der Waals surface area contributed by atoms with Gasteiger partial charge in [-0.25, -0.2) is 0 Å². The second-order valence-electron chi connectivity index (χ2n) is 5.42. The molecule has 0 heterocycles. The van der Waals surface area contributed by atoms with Crippen LogP contribution < -0.4 is 19.5 Å². The number of hydrogen-bond acceptors (Lipinski definition) is 4. The van der Waals surface area contributed by atoms with Crippen LogP contribution in [0.3, 0.4) is 0 Å². The molecular weight excluding hydrogens is 410 g/mol. The van der Waals surface area contributed by atoms with Gasteiger partial charge < -0.3 is 19.5 Å². The Kier molecular flexibility index (Phi) is 6.56. The van der Waals surface area contributed by atoms with Crippen molar-refractivity contribution < 1.29 is 19.0 Å². The van der Waals surface area contributed by atoms with E-state index in [2.05, 4.69) is 21.2 Å². The maximum atomic E-state index is 12.2. The van der Waals surface area contributed by atoms with E-state index in [1.165, 1.54) is 14.2 Å². The minimum absolute atomic E-state index is 0.142. The molecule has 0 unspecified atom stereocenters. The summed E-state index contributed by atoms with van der Waals surface area (Å²) in [6, 6.07) is 7.11. The van der Waals surface area contributed by atoms with Gasteiger partial charge in [-0.1, -0.05) is 17.7 Å². The summed E-state index contributed by atoms with van der Waals surface area (Å²) >= 11 is 9.51. The van der Waals surface area contributed by atoms with Crippen LogP contribution in [-0.4, -0.2) is 26.7 Å². The maximum Gasteiger partial charge on any atom is 0.262 e. The molecule has 134 valence electrons. The zero-order valence-corrected chi connectivity index (χ0v) is 16.7. The number of benzene rings is 2. The van der Waals surface area contributed by atoms with E-state index in [9.17, 15) is 4.79 Å². The molecule has 0 radical (unpaired) electrons. The van der Waals surface area contributed by atoms with E-state index in [4.69, 9.17) is 25.8 Å². The molecule has 0 aliphatic heterocycles. The topological polar surface area (TPSA) is 56.8 Å². The first-order valence-electron chi connectivity index (χ1n) is 7.46. The molecule has 2 aromatic rings. The smallest absolute Gasteiger partial charge is 0.262 e. The van der Waals surface area contributed by atoms with Crippen molar-refractivity contribution in [2.45, 2.75) is 13.8 Å². The minimum atomic E-state index is -0.324. The van der Waals surface area contributed by atoms with Gasteiger partial charge in [-0.15, -0.1) is 0 Å². The number of hydrogen-bond donors (Lipinski definition) is 1. The van der Waals surface area contributed by atoms with E-state index < -0.39 is 0 Å². The van der Waals surface area contributed by atoms with E-state index in [-0.39, 0.29) is 12.5 Å². The van der Waals surface area contributed by atoms with Crippen LogP contribution in [0.15, 0.2) is 28.7 Å². The van der Waals surface area contributed by atoms with Gasteiger partial charge in [0.15, 0.2) is 6.61 Å². The predicted octanol–water partition coefficient (Wildman–Crippen LogP) is 4.75. The lowest BCUT2D eigenvalue weighted by atomic mass is 10.1. The Hall–Kier alpha value is -1.92. The zero-order valence-electron chi connectivity index (χ0n) is 14.4. The molecule has 0 bridgehead atoms. The molecule has 2 aromatic carbocycles. The molecule has 0 saturated heterocycles. The number of rotatable bonds is 6. The first-order valence-corrected chi connectivity index (χ1v) is 8.63. The van der Waals surface area contributed by atoms with Gasteiger partial charge in [0, 0.05) is 12.1 Å². The van der Waals surface area contributed by atoms with Gasteiger partial charge >= 0.3 is 0 Å². The van der Waals surface area contributed by atoms with E-state index in [0.29, 0.717) is 28.0 Å². The van der Waals surface area contributed by atoms with Gasteiger partial charge in [0.25, 0.3) is 5.91 Å². The Labute approximate surface area is 160 Å². The molecule has 7 heteroatoms. The fraction of sp³-hybridized carbons (Fsp3) is 0.278. The number of nitrogens with one attached hydrogen (secondary N) is 1. The summed E-state index contributed by atoms with van der Waals surface area (Å²) < 4.78 is 16.9. The Morgan fingerprint density at radius 3 is 2.40 bits per heavy atom. The Morgan fingerprint density at radius 1 is 1.12 bits per heavy atom. The highest BCUT2D eigenvalue weighted by Gasteiger charge is 2.14. The number of halogens is 2. The monoisotopic (exact) mass is 427 g/mol. The predicted molar refractivity (Wildman–Crippen MR) is 102 cm³/mol. The van der Waals surface area contributed by atoms with Crippen LogP contribution in [0.2, 0.25) is 5.02 Å². The van der Waals surface area contributed by atoms with Crippen molar-refractivity contribution in [2.24, 2.45) is 0 Å². The molecule has 0 spiro atoms. The van der Waals surface area contributed by atoms with Gasteiger partial charge in [-0.2, -0.15) is 0 Å². The highest BCUT2D eigenvalue weighted by atomic mass is 79.9. The first-order chi connectivity index (χ1) is 11.8. The van der Waals surface area contributed by atoms with E-state index in [0.717, 1.165) is 15.6 Å². The lowest BCUT2D eigenvalue weighted by Gasteiger charge is -2.15. The number of ether oxygens (including phenoxy) is 3. The molecule has 0 aliphatic carbocycles. The molecule has 1 amide bonds. The number of carbonyl (C=O) groups is 1. The third kappa shape index (κ3) is 4.80. The van der Waals surface area contributed by atoms with Crippen molar-refractivity contribution >= 4 is 39.1 Å². The third-order valence-electron chi connectivity index (χ3n) is 3.47. The second-order valence-corrected chi connectivity index (χ2v) is 6.68. The summed E-state index contributed by atoms with van der Waals surface area (Å²) in [7, 11) is 3.00. The molecule has 1 N–H and O–H groups in total. The van der Waals surface area contributed by atoms with Crippen LogP contribution in [0.1, 0.15) is 11.1 Å². The van der Waals surface area contributed by atoms with Crippen molar-refractivity contribution in [3.8, 4) is 17.2 Å². The number of aryl methyl sites for hydroxylation is 2. The van der Waals surface area contributed by atoms with Crippen LogP contribution in [0.4, 0.5) is 5.69 Å². The van der Waals surface area contributed by atoms with E-state index in [1.54, 1.807) is 12.1 Å². The standard InChI is InChI=1S/C18H19BrClNO4/c1-10-5-11(2)18(12(19)6-10)25-9-17(22)21-14-8-15(23-3)13(20)7-16(14)24-4/h5-8H,9H2,1-4H3,(H,21,22). The summed E-state index contributed by atoms with van der Waals surface area (Å²) in [5.41, 5.74) is 2.52. The van der Waals surface area contributed by atoms with Crippen molar-refractivity contribution in [1.29, 1.82) is 0 Å². The molecule has 0 atom stereocenters. The molecule has 25 heavy (non-hydrogen) atoms. The van der Waals surface area contributed by atoms with Gasteiger partial charge in [-0.05, 0) is 47.0 Å². The normalized spacial score (nSPS) is 10.3. The van der Waals surface area contributed by atoms with E-state index >= 15 is 0 Å². The van der Waals surface area contributed by atoms with Crippen LogP contribution in [-0.2, 0) is 4.79 Å². The van der Waals surface area contributed by atoms with Crippen LogP contribution in [0, 0.1) is 13.8 Å². The molecule has 0 saturated carbocycles. The molecular formula is C18H19BrClNO4. The molecule has 0 aromatic heterocycles. The quantitative estimate of drug-likeness (QED) is 0.721. The zero-order chi connectivity index (χ0) is 18.6. The number of amides is 1. The Morgan fingerprint density at radius 2 is 1.80 bits per heavy atom. The van der Waals surface area contributed by atoms with Gasteiger partial charge in [-0.3, -0.25) is 4.79 Å². The van der Waals surface area contributed by atoms with Crippen LogP contribution in [0.5, 0.6) is 17.2 Å². The van der Waals surface area contributed by atoms with E-state index in [1.807, 2.05) is 26.0 Å². The summed E-state index contributed by atoms with van der Waals surface area (Å²) in [5, 5.41) is 3.14. The maximum absolute atomic E-state index is 12.2. The highest BCUT2D eigenvalue weighted by molar-refractivity contribution is 9.10. The number of methoxy groups -OCH3 is 2. The van der Waals surface area contributed by atoms with Gasteiger partial charge in [0.1, 0.15) is 17.2 Å². The van der Waals surface area contributed by atoms with Gasteiger partial charge in [0.05, 0.1) is 29.4 Å². The van der Waals surface area contributed by atoms with Crippen molar-refractivity contribution in [3.63, 3.8) is 0 Å². The summed E-state index contributed by atoms with van der Waals surface area (Å²) in [5.74, 6) is 1.19. The summed E-state index contributed by atoms with van der Waals surface area (Å²) in [4.78, 5) is 12.2. The van der Waals surface area contributed by atoms with Crippen molar-refractivity contribution in [2.75, 3.05) is 26.1 Å². The Balaban J connectivity index is 2.11. The lowest BCUT2D eigenvalue weighted by molar-refractivity contribution is -0.118. The molecule has 0 aliphatic rings. The summed E-state index contributed by atoms with van der Waals surface area (Å²) in [6.45, 7) is 3.78. The summed E-state index contributed by atoms with van der Waals surface area (Å²) in [6.07, 6.45) is 0. The van der Waals surface area contributed by atoms with Crippen molar-refractivity contribution in [3.05, 3.63) is 44.9 Å². The van der Waals surface area contributed by atoms with Crippen LogP contribution in [0.25, 0.3) is 0 Å². The second kappa shape index (κ2) is 8.45. The molecule has 0 fully saturated rings. The highest BCUT2D eigenvalue weighted by Crippen LogP contribution is 2.36. The fourth-order valence-electron chi connectivity index (χ4n) is 2.37. The minimum Gasteiger partial charge on any atom is -0.495 e. The van der Waals surface area contributed by atoms with Crippen LogP contribution >= 0.6 is 27.5 Å². The fourth-order valence-corrected chi connectivity index (χ4v) is 3.39. The number of carbonyl (C=O) groups excluding carboxylic acids is 1. The SMILES string of the molecule is COc1cc(NC(=O)COc2c(C)cc(C)cc2Br)c(OC)cc1Cl. The average molecular weight is 429 g/mol. The van der Waals surface area contributed by atoms with Crippen molar-refractivity contribution in [1.82, 2.24) is 0 Å². The number of anilines is 1. The molecule has 2 rings (SSSR count). The largest absolute Gasteiger partial charge is 0.495 e. The lowest BCUT2D eigenvalue weighted by Crippen LogP contribution is -2.21. The first kappa shape index (κ1) is 19.4. The molecule has 5 nitrogen and oxygen atoms in total. The average Bonchev–Trinajstić information content (AvgIpc) is 2.55.